The summed E-state index contributed by atoms with van der Waals surface area (Å²) in [7, 11) is 4.95. The van der Waals surface area contributed by atoms with E-state index in [4.69, 9.17) is 18.6 Å². The molecule has 0 radical (unpaired) electrons. The maximum absolute atomic E-state index is 6.37. The lowest BCUT2D eigenvalue weighted by Crippen LogP contribution is -1.95. The minimum Gasteiger partial charge on any atom is -0.497 e. The summed E-state index contributed by atoms with van der Waals surface area (Å²) in [5, 5.41) is 2.03. The van der Waals surface area contributed by atoms with Gasteiger partial charge in [0.25, 0.3) is 0 Å². The Morgan fingerprint density at radius 2 is 1.28 bits per heavy atom. The van der Waals surface area contributed by atoms with Crippen LogP contribution in [-0.2, 0) is 0 Å². The molecule has 0 saturated heterocycles. The lowest BCUT2D eigenvalue weighted by molar-refractivity contribution is 0.355. The fourth-order valence-electron chi connectivity index (χ4n) is 3.60. The predicted octanol–water partition coefficient (Wildman–Crippen LogP) is 6.38. The maximum atomic E-state index is 6.37. The van der Waals surface area contributed by atoms with Gasteiger partial charge in [-0.2, -0.15) is 0 Å². The van der Waals surface area contributed by atoms with Gasteiger partial charge in [-0.25, -0.2) is 4.42 Å². The summed E-state index contributed by atoms with van der Waals surface area (Å²) in [5.74, 6) is 3.78. The van der Waals surface area contributed by atoms with Crippen molar-refractivity contribution in [2.75, 3.05) is 21.3 Å². The van der Waals surface area contributed by atoms with E-state index in [1.165, 1.54) is 0 Å². The van der Waals surface area contributed by atoms with E-state index in [9.17, 15) is 0 Å². The molecule has 4 nitrogen and oxygen atoms in total. The van der Waals surface area contributed by atoms with Crippen molar-refractivity contribution >= 4 is 10.8 Å². The minimum atomic E-state index is 0.675. The number of fused-ring (bicyclic) bond motifs is 1. The van der Waals surface area contributed by atoms with Crippen molar-refractivity contribution in [3.05, 3.63) is 72.5 Å². The van der Waals surface area contributed by atoms with E-state index in [0.717, 1.165) is 44.7 Å². The molecule has 0 atom stereocenters. The van der Waals surface area contributed by atoms with Crippen LogP contribution in [0.15, 0.2) is 71.1 Å². The van der Waals surface area contributed by atoms with Gasteiger partial charge in [0.15, 0.2) is 11.5 Å². The Hall–Kier alpha value is -3.53. The minimum absolute atomic E-state index is 0.675. The molecule has 0 amide bonds. The molecule has 1 aromatic heterocycles. The van der Waals surface area contributed by atoms with Crippen molar-refractivity contribution < 1.29 is 18.6 Å². The molecule has 1 heterocycles. The summed E-state index contributed by atoms with van der Waals surface area (Å²) in [6.45, 7) is 1.97. The second-order valence-corrected chi connectivity index (χ2v) is 6.71. The number of rotatable bonds is 5. The first-order valence-corrected chi connectivity index (χ1v) is 9.38. The summed E-state index contributed by atoms with van der Waals surface area (Å²) < 4.78 is 22.8. The van der Waals surface area contributed by atoms with Crippen LogP contribution >= 0.6 is 0 Å². The maximum Gasteiger partial charge on any atom is 0.368 e. The summed E-state index contributed by atoms with van der Waals surface area (Å²) >= 11 is 0. The van der Waals surface area contributed by atoms with Crippen molar-refractivity contribution in [1.29, 1.82) is 0 Å². The van der Waals surface area contributed by atoms with Crippen molar-refractivity contribution in [2.45, 2.75) is 6.92 Å². The Bertz CT molecular complexity index is 1150. The van der Waals surface area contributed by atoms with Crippen molar-refractivity contribution in [1.82, 2.24) is 0 Å². The lowest BCUT2D eigenvalue weighted by atomic mass is 9.94. The van der Waals surface area contributed by atoms with Crippen molar-refractivity contribution in [3.63, 3.8) is 0 Å². The Balaban J connectivity index is 2.09. The molecule has 0 saturated carbocycles. The second kappa shape index (κ2) is 7.84. The monoisotopic (exact) mass is 387 g/mol. The molecule has 4 rings (SSSR count). The van der Waals surface area contributed by atoms with Crippen LogP contribution in [0.3, 0.4) is 0 Å². The molecule has 0 bridgehead atoms. The van der Waals surface area contributed by atoms with E-state index in [1.807, 2.05) is 61.5 Å². The van der Waals surface area contributed by atoms with Crippen LogP contribution in [0, 0.1) is 6.92 Å². The first kappa shape index (κ1) is 18.8. The summed E-state index contributed by atoms with van der Waals surface area (Å²) in [6.07, 6.45) is 0. The van der Waals surface area contributed by atoms with Crippen LogP contribution in [0.2, 0.25) is 0 Å². The van der Waals surface area contributed by atoms with E-state index in [2.05, 4.69) is 12.1 Å². The van der Waals surface area contributed by atoms with Gasteiger partial charge in [-0.3, -0.25) is 0 Å². The fourth-order valence-corrected chi connectivity index (χ4v) is 3.60. The van der Waals surface area contributed by atoms with Gasteiger partial charge in [0, 0.05) is 11.5 Å². The van der Waals surface area contributed by atoms with Gasteiger partial charge in [0.05, 0.1) is 44.8 Å². The van der Waals surface area contributed by atoms with Gasteiger partial charge in [-0.1, -0.05) is 30.3 Å². The molecule has 4 aromatic rings. The van der Waals surface area contributed by atoms with Gasteiger partial charge in [-0.05, 0) is 35.9 Å². The number of ether oxygens (including phenoxy) is 3. The van der Waals surface area contributed by atoms with Crippen LogP contribution in [0.4, 0.5) is 0 Å². The highest BCUT2D eigenvalue weighted by Gasteiger charge is 2.27. The van der Waals surface area contributed by atoms with Gasteiger partial charge < -0.3 is 14.2 Å². The highest BCUT2D eigenvalue weighted by molar-refractivity contribution is 6.04. The van der Waals surface area contributed by atoms with E-state index < -0.39 is 0 Å². The highest BCUT2D eigenvalue weighted by atomic mass is 16.5. The van der Waals surface area contributed by atoms with Crippen LogP contribution in [-0.4, -0.2) is 21.3 Å². The second-order valence-electron chi connectivity index (χ2n) is 6.71. The largest absolute Gasteiger partial charge is 0.497 e. The topological polar surface area (TPSA) is 39.0 Å². The van der Waals surface area contributed by atoms with Crippen molar-refractivity contribution in [2.24, 2.45) is 0 Å². The van der Waals surface area contributed by atoms with Gasteiger partial charge >= 0.3 is 11.5 Å². The number of methoxy groups -OCH3 is 3. The van der Waals surface area contributed by atoms with E-state index in [-0.39, 0.29) is 0 Å². The predicted molar refractivity (Wildman–Crippen MR) is 116 cm³/mol. The number of benzene rings is 3. The smallest absolute Gasteiger partial charge is 0.368 e. The summed E-state index contributed by atoms with van der Waals surface area (Å²) in [6, 6.07) is 22.1. The number of hydrogen-bond donors (Lipinski definition) is 0. The molecule has 4 heteroatoms. The van der Waals surface area contributed by atoms with Crippen molar-refractivity contribution in [3.8, 4) is 39.7 Å². The molecule has 0 aliphatic rings. The van der Waals surface area contributed by atoms with Crippen LogP contribution in [0.1, 0.15) is 5.76 Å². The molecule has 29 heavy (non-hydrogen) atoms. The number of hydrogen-bond acceptors (Lipinski definition) is 3. The Kier molecular flexibility index (Phi) is 5.09. The van der Waals surface area contributed by atoms with Crippen LogP contribution < -0.4 is 14.2 Å². The molecule has 0 spiro atoms. The van der Waals surface area contributed by atoms with Crippen LogP contribution in [0.25, 0.3) is 33.2 Å². The Labute approximate surface area is 170 Å². The highest BCUT2D eigenvalue weighted by Crippen LogP contribution is 2.43. The van der Waals surface area contributed by atoms with Gasteiger partial charge in [-0.15, -0.1) is 0 Å². The first-order chi connectivity index (χ1) is 14.2. The molecule has 3 aromatic carbocycles. The SMILES string of the molecule is COc1ccc(-c2[o+]c(C)c3cc(OC)c(OC)cc3c2-c2ccccc2)cc1. The molecule has 0 fully saturated rings. The quantitative estimate of drug-likeness (QED) is 0.372. The average Bonchev–Trinajstić information content (AvgIpc) is 2.78. The molecular formula is C25H23O4+. The first-order valence-electron chi connectivity index (χ1n) is 9.38. The summed E-state index contributed by atoms with van der Waals surface area (Å²) in [4.78, 5) is 0. The van der Waals surface area contributed by atoms with Gasteiger partial charge in [0.1, 0.15) is 5.75 Å². The van der Waals surface area contributed by atoms with E-state index in [1.54, 1.807) is 21.3 Å². The fraction of sp³-hybridized carbons (Fsp3) is 0.160. The van der Waals surface area contributed by atoms with Gasteiger partial charge in [0.2, 0.25) is 0 Å². The third kappa shape index (κ3) is 3.38. The zero-order chi connectivity index (χ0) is 20.4. The zero-order valence-corrected chi connectivity index (χ0v) is 17.0. The standard InChI is InChI=1S/C25H23O4/c1-16-20-14-22(27-3)23(28-4)15-21(20)24(17-8-6-5-7-9-17)25(29-16)18-10-12-19(26-2)13-11-18/h5-15H,1-4H3/q+1. The molecule has 0 aliphatic heterocycles. The van der Waals surface area contributed by atoms with Crippen LogP contribution in [0.5, 0.6) is 17.2 Å². The van der Waals surface area contributed by atoms with E-state index in [0.29, 0.717) is 11.5 Å². The Morgan fingerprint density at radius 3 is 1.86 bits per heavy atom. The normalized spacial score (nSPS) is 10.8. The molecule has 0 N–H and O–H groups in total. The molecule has 0 unspecified atom stereocenters. The Morgan fingerprint density at radius 1 is 0.655 bits per heavy atom. The molecular weight excluding hydrogens is 364 g/mol. The molecule has 146 valence electrons. The zero-order valence-electron chi connectivity index (χ0n) is 17.0. The van der Waals surface area contributed by atoms with E-state index >= 15 is 0 Å². The average molecular weight is 387 g/mol. The lowest BCUT2D eigenvalue weighted by Gasteiger charge is -2.12. The third-order valence-corrected chi connectivity index (χ3v) is 5.07. The number of aryl methyl sites for hydroxylation is 1. The molecule has 0 aliphatic carbocycles. The summed E-state index contributed by atoms with van der Waals surface area (Å²) in [5.41, 5.74) is 3.06. The third-order valence-electron chi connectivity index (χ3n) is 5.07.